The van der Waals surface area contributed by atoms with E-state index in [1.807, 2.05) is 31.3 Å². The Morgan fingerprint density at radius 3 is 2.94 bits per heavy atom. The molecule has 1 atom stereocenters. The Bertz CT molecular complexity index is 534. The molecule has 3 nitrogen and oxygen atoms in total. The van der Waals surface area contributed by atoms with Crippen LogP contribution >= 0.6 is 11.6 Å². The molecule has 1 unspecified atom stereocenters. The van der Waals surface area contributed by atoms with Crippen molar-refractivity contribution in [3.8, 4) is 0 Å². The van der Waals surface area contributed by atoms with Gasteiger partial charge in [0.1, 0.15) is 5.82 Å². The molecule has 0 aliphatic heterocycles. The lowest BCUT2D eigenvalue weighted by atomic mass is 10.0. The van der Waals surface area contributed by atoms with Crippen LogP contribution in [-0.2, 0) is 6.54 Å². The highest BCUT2D eigenvalue weighted by molar-refractivity contribution is 6.31. The van der Waals surface area contributed by atoms with Crippen LogP contribution in [0.5, 0.6) is 0 Å². The number of aryl methyl sites for hydroxylation is 1. The van der Waals surface area contributed by atoms with Crippen molar-refractivity contribution in [3.63, 3.8) is 0 Å². The molecule has 0 radical (unpaired) electrons. The van der Waals surface area contributed by atoms with E-state index in [1.54, 1.807) is 6.20 Å². The van der Waals surface area contributed by atoms with Gasteiger partial charge in [0.05, 0.1) is 6.04 Å². The van der Waals surface area contributed by atoms with Crippen molar-refractivity contribution in [2.45, 2.75) is 32.9 Å². The number of rotatable bonds is 4. The van der Waals surface area contributed by atoms with Gasteiger partial charge in [-0.1, -0.05) is 30.7 Å². The van der Waals surface area contributed by atoms with Crippen LogP contribution in [0.4, 0.5) is 0 Å². The van der Waals surface area contributed by atoms with Gasteiger partial charge in [0, 0.05) is 24.0 Å². The Morgan fingerprint density at radius 1 is 1.44 bits per heavy atom. The monoisotopic (exact) mass is 263 g/mol. The molecule has 0 spiro atoms. The summed E-state index contributed by atoms with van der Waals surface area (Å²) in [5, 5.41) is 0.747. The van der Waals surface area contributed by atoms with Gasteiger partial charge in [-0.05, 0) is 30.5 Å². The van der Waals surface area contributed by atoms with Gasteiger partial charge in [0.25, 0.3) is 0 Å². The molecule has 0 fully saturated rings. The lowest BCUT2D eigenvalue weighted by Crippen LogP contribution is -2.19. The molecule has 1 aromatic heterocycles. The molecule has 0 saturated heterocycles. The summed E-state index contributed by atoms with van der Waals surface area (Å²) in [4.78, 5) is 4.38. The second kappa shape index (κ2) is 5.55. The summed E-state index contributed by atoms with van der Waals surface area (Å²) < 4.78 is 2.10. The average Bonchev–Trinajstić information content (AvgIpc) is 2.80. The van der Waals surface area contributed by atoms with Crippen molar-refractivity contribution < 1.29 is 0 Å². The summed E-state index contributed by atoms with van der Waals surface area (Å²) >= 11 is 6.14. The summed E-state index contributed by atoms with van der Waals surface area (Å²) in [5.74, 6) is 0.891. The minimum absolute atomic E-state index is 0.231. The van der Waals surface area contributed by atoms with Crippen LogP contribution in [0.2, 0.25) is 5.02 Å². The van der Waals surface area contributed by atoms with E-state index in [4.69, 9.17) is 17.3 Å². The molecule has 96 valence electrons. The fraction of sp³-hybridized carbons (Fsp3) is 0.357. The van der Waals surface area contributed by atoms with Gasteiger partial charge in [0.15, 0.2) is 0 Å². The van der Waals surface area contributed by atoms with Crippen LogP contribution in [-0.4, -0.2) is 9.55 Å². The second-order valence-electron chi connectivity index (χ2n) is 4.41. The zero-order valence-corrected chi connectivity index (χ0v) is 11.5. The maximum atomic E-state index is 6.32. The first-order valence-corrected chi connectivity index (χ1v) is 6.54. The van der Waals surface area contributed by atoms with E-state index >= 15 is 0 Å². The van der Waals surface area contributed by atoms with Gasteiger partial charge in [0.2, 0.25) is 0 Å². The van der Waals surface area contributed by atoms with Crippen LogP contribution in [0, 0.1) is 6.92 Å². The second-order valence-corrected chi connectivity index (χ2v) is 4.82. The van der Waals surface area contributed by atoms with E-state index in [0.29, 0.717) is 0 Å². The highest BCUT2D eigenvalue weighted by atomic mass is 35.5. The third kappa shape index (κ3) is 2.42. The van der Waals surface area contributed by atoms with Crippen LogP contribution in [0.25, 0.3) is 0 Å². The van der Waals surface area contributed by atoms with E-state index in [-0.39, 0.29) is 6.04 Å². The maximum absolute atomic E-state index is 6.32. The van der Waals surface area contributed by atoms with Gasteiger partial charge >= 0.3 is 0 Å². The highest BCUT2D eigenvalue weighted by Crippen LogP contribution is 2.26. The lowest BCUT2D eigenvalue weighted by Gasteiger charge is -2.16. The molecule has 1 aromatic carbocycles. The Balaban J connectivity index is 2.38. The molecular formula is C14H18ClN3. The molecule has 2 rings (SSSR count). The molecule has 2 N–H and O–H groups in total. The Labute approximate surface area is 113 Å². The van der Waals surface area contributed by atoms with Crippen LogP contribution in [0.3, 0.4) is 0 Å². The Hall–Kier alpha value is -1.32. The normalized spacial score (nSPS) is 12.7. The van der Waals surface area contributed by atoms with Crippen molar-refractivity contribution >= 4 is 11.6 Å². The zero-order valence-electron chi connectivity index (χ0n) is 10.7. The summed E-state index contributed by atoms with van der Waals surface area (Å²) in [5.41, 5.74) is 8.38. The average molecular weight is 264 g/mol. The van der Waals surface area contributed by atoms with Crippen LogP contribution < -0.4 is 5.73 Å². The smallest absolute Gasteiger partial charge is 0.130 e. The van der Waals surface area contributed by atoms with Gasteiger partial charge < -0.3 is 10.3 Å². The van der Waals surface area contributed by atoms with Gasteiger partial charge in [-0.15, -0.1) is 0 Å². The molecule has 18 heavy (non-hydrogen) atoms. The SMILES string of the molecule is CCCn1ccnc1C(N)c1cccc(Cl)c1C. The third-order valence-electron chi connectivity index (χ3n) is 3.14. The molecule has 0 saturated carbocycles. The number of imidazole rings is 1. The van der Waals surface area contributed by atoms with Gasteiger partial charge in [-0.3, -0.25) is 0 Å². The number of aromatic nitrogens is 2. The molecule has 2 aromatic rings. The topological polar surface area (TPSA) is 43.8 Å². The standard InChI is InChI=1S/C14H18ClN3/c1-3-8-18-9-7-17-14(18)13(16)11-5-4-6-12(15)10(11)2/h4-7,9,13H,3,8,16H2,1-2H3. The fourth-order valence-electron chi connectivity index (χ4n) is 2.13. The lowest BCUT2D eigenvalue weighted by molar-refractivity contribution is 0.612. The van der Waals surface area contributed by atoms with Gasteiger partial charge in [-0.25, -0.2) is 4.98 Å². The van der Waals surface area contributed by atoms with E-state index in [1.165, 1.54) is 0 Å². The number of hydrogen-bond donors (Lipinski definition) is 1. The first-order valence-electron chi connectivity index (χ1n) is 6.16. The number of benzene rings is 1. The summed E-state index contributed by atoms with van der Waals surface area (Å²) in [6, 6.07) is 5.59. The van der Waals surface area contributed by atoms with Crippen LogP contribution in [0.15, 0.2) is 30.6 Å². The first-order chi connectivity index (χ1) is 8.65. The quantitative estimate of drug-likeness (QED) is 0.920. The van der Waals surface area contributed by atoms with Crippen molar-refractivity contribution in [2.75, 3.05) is 0 Å². The molecular weight excluding hydrogens is 246 g/mol. The molecule has 4 heteroatoms. The predicted molar refractivity (Wildman–Crippen MR) is 74.7 cm³/mol. The number of nitrogens with zero attached hydrogens (tertiary/aromatic N) is 2. The van der Waals surface area contributed by atoms with Crippen LogP contribution in [0.1, 0.15) is 36.3 Å². The Morgan fingerprint density at radius 2 is 2.22 bits per heavy atom. The number of halogens is 1. The van der Waals surface area contributed by atoms with E-state index in [2.05, 4.69) is 16.5 Å². The van der Waals surface area contributed by atoms with Crippen molar-refractivity contribution in [1.29, 1.82) is 0 Å². The Kier molecular flexibility index (Phi) is 4.04. The van der Waals surface area contributed by atoms with Crippen molar-refractivity contribution in [3.05, 3.63) is 52.6 Å². The summed E-state index contributed by atoms with van der Waals surface area (Å²) in [7, 11) is 0. The van der Waals surface area contributed by atoms with Gasteiger partial charge in [-0.2, -0.15) is 0 Å². The molecule has 0 bridgehead atoms. The first kappa shape index (κ1) is 13.1. The summed E-state index contributed by atoms with van der Waals surface area (Å²) in [6.07, 6.45) is 4.83. The number of nitrogens with two attached hydrogens (primary N) is 1. The summed E-state index contributed by atoms with van der Waals surface area (Å²) in [6.45, 7) is 5.06. The van der Waals surface area contributed by atoms with Crippen molar-refractivity contribution in [1.82, 2.24) is 9.55 Å². The predicted octanol–water partition coefficient (Wildman–Crippen LogP) is 3.30. The highest BCUT2D eigenvalue weighted by Gasteiger charge is 2.17. The van der Waals surface area contributed by atoms with E-state index in [9.17, 15) is 0 Å². The minimum atomic E-state index is -0.231. The molecule has 0 aliphatic carbocycles. The number of hydrogen-bond acceptors (Lipinski definition) is 2. The largest absolute Gasteiger partial charge is 0.333 e. The van der Waals surface area contributed by atoms with E-state index < -0.39 is 0 Å². The van der Waals surface area contributed by atoms with Crippen molar-refractivity contribution in [2.24, 2.45) is 5.73 Å². The fourth-order valence-corrected chi connectivity index (χ4v) is 2.31. The third-order valence-corrected chi connectivity index (χ3v) is 3.54. The zero-order chi connectivity index (χ0) is 13.1. The minimum Gasteiger partial charge on any atom is -0.333 e. The molecule has 1 heterocycles. The molecule has 0 amide bonds. The van der Waals surface area contributed by atoms with E-state index in [0.717, 1.165) is 34.9 Å². The maximum Gasteiger partial charge on any atom is 0.130 e. The molecule has 0 aliphatic rings.